The lowest BCUT2D eigenvalue weighted by Gasteiger charge is -2.32. The van der Waals surface area contributed by atoms with Gasteiger partial charge in [-0.05, 0) is 48.5 Å². The van der Waals surface area contributed by atoms with Gasteiger partial charge in [-0.15, -0.1) is 0 Å². The predicted molar refractivity (Wildman–Crippen MR) is 195 cm³/mol. The molecule has 0 bridgehead atoms. The van der Waals surface area contributed by atoms with E-state index in [0.29, 0.717) is 43.1 Å². The van der Waals surface area contributed by atoms with E-state index in [1.807, 2.05) is 20.8 Å². The minimum Gasteiger partial charge on any atom is -0.496 e. The smallest absolute Gasteiger partial charge is 0.327 e. The van der Waals surface area contributed by atoms with Gasteiger partial charge in [0, 0.05) is 48.9 Å². The van der Waals surface area contributed by atoms with Gasteiger partial charge in [0.15, 0.2) is 0 Å². The summed E-state index contributed by atoms with van der Waals surface area (Å²) in [6.45, 7) is 40.0. The molecular formula is C38H67N5O4. The van der Waals surface area contributed by atoms with Crippen molar-refractivity contribution in [1.82, 2.24) is 20.9 Å². The molecule has 3 amide bonds. The van der Waals surface area contributed by atoms with Crippen LogP contribution in [0.15, 0.2) is 60.8 Å². The minimum atomic E-state index is -0.479. The lowest BCUT2D eigenvalue weighted by atomic mass is 9.84. The lowest BCUT2D eigenvalue weighted by Crippen LogP contribution is -2.45. The number of nitrogens with zero attached hydrogens (tertiary/aromatic N) is 1. The quantitative estimate of drug-likeness (QED) is 0.100. The Kier molecular flexibility index (Phi) is 16.5. The molecule has 5 N–H and O–H groups in total. The Morgan fingerprint density at radius 2 is 1.68 bits per heavy atom. The molecule has 2 aliphatic heterocycles. The van der Waals surface area contributed by atoms with E-state index in [1.54, 1.807) is 6.20 Å². The maximum atomic E-state index is 12.9. The van der Waals surface area contributed by atoms with Gasteiger partial charge in [0.1, 0.15) is 18.9 Å². The van der Waals surface area contributed by atoms with E-state index >= 15 is 0 Å². The van der Waals surface area contributed by atoms with Crippen LogP contribution >= 0.6 is 0 Å². The van der Waals surface area contributed by atoms with Crippen LogP contribution in [0.5, 0.6) is 0 Å². The summed E-state index contributed by atoms with van der Waals surface area (Å²) >= 11 is 0. The van der Waals surface area contributed by atoms with E-state index in [4.69, 9.17) is 15.2 Å². The molecule has 0 aliphatic carbocycles. The number of hydrogen-bond acceptors (Lipinski definition) is 6. The van der Waals surface area contributed by atoms with E-state index in [0.717, 1.165) is 29.7 Å². The number of amides is 3. The van der Waals surface area contributed by atoms with Crippen LogP contribution in [0, 0.1) is 16.7 Å². The number of nitrogens with one attached hydrogen (secondary N) is 3. The number of allylic oxidation sites excluding steroid dienone is 2. The fourth-order valence-electron chi connectivity index (χ4n) is 5.51. The highest BCUT2D eigenvalue weighted by Gasteiger charge is 2.39. The van der Waals surface area contributed by atoms with E-state index < -0.39 is 6.23 Å². The normalized spacial score (nSPS) is 21.2. The van der Waals surface area contributed by atoms with Crippen molar-refractivity contribution < 1.29 is 19.1 Å². The molecule has 0 aromatic heterocycles. The molecule has 9 nitrogen and oxygen atoms in total. The first-order chi connectivity index (χ1) is 21.6. The third-order valence-corrected chi connectivity index (χ3v) is 7.82. The van der Waals surface area contributed by atoms with Crippen molar-refractivity contribution in [2.45, 2.75) is 145 Å². The average molecular weight is 658 g/mol. The second-order valence-corrected chi connectivity index (χ2v) is 15.7. The van der Waals surface area contributed by atoms with Crippen molar-refractivity contribution in [3.8, 4) is 0 Å². The summed E-state index contributed by atoms with van der Waals surface area (Å²) in [6.07, 6.45) is 4.71. The molecule has 0 aromatic rings. The van der Waals surface area contributed by atoms with E-state index in [9.17, 15) is 9.59 Å². The molecule has 2 aliphatic rings. The van der Waals surface area contributed by atoms with Crippen molar-refractivity contribution in [3.05, 3.63) is 60.8 Å². The Bertz CT molecular complexity index is 1140. The summed E-state index contributed by atoms with van der Waals surface area (Å²) in [5.41, 5.74) is 9.63. The first-order valence-corrected chi connectivity index (χ1v) is 17.3. The van der Waals surface area contributed by atoms with Crippen LogP contribution in [0.1, 0.15) is 115 Å². The number of carbonyl (C=O) groups is 2. The molecule has 47 heavy (non-hydrogen) atoms. The van der Waals surface area contributed by atoms with Crippen LogP contribution in [-0.4, -0.2) is 53.9 Å². The van der Waals surface area contributed by atoms with Gasteiger partial charge in [-0.3, -0.25) is 9.69 Å². The number of hydrogen-bond donors (Lipinski definition) is 4. The zero-order chi connectivity index (χ0) is 36.3. The highest BCUT2D eigenvalue weighted by Crippen LogP contribution is 2.29. The summed E-state index contributed by atoms with van der Waals surface area (Å²) in [6, 6.07) is -0.848. The van der Waals surface area contributed by atoms with Crippen molar-refractivity contribution in [2.75, 3.05) is 6.61 Å². The van der Waals surface area contributed by atoms with Gasteiger partial charge < -0.3 is 31.2 Å². The largest absolute Gasteiger partial charge is 0.496 e. The molecule has 2 rings (SSSR count). The highest BCUT2D eigenvalue weighted by atomic mass is 16.6. The van der Waals surface area contributed by atoms with Crippen molar-refractivity contribution >= 4 is 11.9 Å². The SMILES string of the molecule is C=C(CCC(NC(=C)C(CC(C)C)NC(=O)CC(C)(C)C)C(=C)CC(C)(C)C)OCC1OC(N2C=C(C)C(=C)NC2=O)CC1N.CC. The fraction of sp³-hybridized carbons (Fsp3) is 0.684. The minimum absolute atomic E-state index is 0.0232. The Balaban J connectivity index is 0.00000541. The average Bonchev–Trinajstić information content (AvgIpc) is 3.30. The zero-order valence-corrected chi connectivity index (χ0v) is 31.5. The third kappa shape index (κ3) is 15.2. The Labute approximate surface area is 286 Å². The number of nitrogens with two attached hydrogens (primary N) is 1. The first kappa shape index (κ1) is 42.0. The monoisotopic (exact) mass is 658 g/mol. The molecule has 0 aromatic carbocycles. The van der Waals surface area contributed by atoms with E-state index in [-0.39, 0.29) is 53.6 Å². The van der Waals surface area contributed by atoms with Crippen LogP contribution in [-0.2, 0) is 14.3 Å². The van der Waals surface area contributed by atoms with Gasteiger partial charge in [0.2, 0.25) is 5.91 Å². The summed E-state index contributed by atoms with van der Waals surface area (Å²) in [4.78, 5) is 26.9. The van der Waals surface area contributed by atoms with Crippen LogP contribution in [0.3, 0.4) is 0 Å². The van der Waals surface area contributed by atoms with Gasteiger partial charge in [-0.2, -0.15) is 0 Å². The molecular weight excluding hydrogens is 590 g/mol. The molecule has 2 heterocycles. The number of carbonyl (C=O) groups excluding carboxylic acids is 2. The van der Waals surface area contributed by atoms with Gasteiger partial charge in [-0.25, -0.2) is 4.79 Å². The van der Waals surface area contributed by atoms with E-state index in [2.05, 4.69) is 97.7 Å². The lowest BCUT2D eigenvalue weighted by molar-refractivity contribution is -0.123. The van der Waals surface area contributed by atoms with Crippen molar-refractivity contribution in [2.24, 2.45) is 22.5 Å². The fourth-order valence-corrected chi connectivity index (χ4v) is 5.51. The van der Waals surface area contributed by atoms with Crippen LogP contribution in [0.2, 0.25) is 0 Å². The number of rotatable bonds is 16. The zero-order valence-electron chi connectivity index (χ0n) is 31.5. The van der Waals surface area contributed by atoms with Crippen LogP contribution in [0.4, 0.5) is 4.79 Å². The van der Waals surface area contributed by atoms with Gasteiger partial charge in [0.05, 0.1) is 11.8 Å². The summed E-state index contributed by atoms with van der Waals surface area (Å²) in [5.74, 6) is 1.02. The molecule has 0 spiro atoms. The molecule has 268 valence electrons. The van der Waals surface area contributed by atoms with Crippen LogP contribution < -0.4 is 21.7 Å². The van der Waals surface area contributed by atoms with Gasteiger partial charge in [-0.1, -0.05) is 101 Å². The standard InChI is InChI=1S/C36H61N5O4.C2H6/c1-22(2)16-30(40-32(42)19-36(11,12)13)27(7)38-29(23(3)18-35(8,9)10)15-14-25(5)44-21-31-28(37)17-33(45-31)41-20-24(4)26(6)39-34(41)43;1-2/h20,22,28-31,33,38H,3,5-7,14-19,21,37H2,1-2,4,8-13H3,(H,39,43)(H,40,42);1-2H3. The first-order valence-electron chi connectivity index (χ1n) is 17.3. The third-order valence-electron chi connectivity index (χ3n) is 7.82. The Morgan fingerprint density at radius 3 is 2.23 bits per heavy atom. The van der Waals surface area contributed by atoms with Crippen LogP contribution in [0.25, 0.3) is 0 Å². The Hall–Kier alpha value is -3.04. The summed E-state index contributed by atoms with van der Waals surface area (Å²) < 4.78 is 12.2. The van der Waals surface area contributed by atoms with Gasteiger partial charge >= 0.3 is 6.03 Å². The van der Waals surface area contributed by atoms with Gasteiger partial charge in [0.25, 0.3) is 0 Å². The predicted octanol–water partition coefficient (Wildman–Crippen LogP) is 7.64. The topological polar surface area (TPSA) is 118 Å². The molecule has 1 fully saturated rings. The maximum Gasteiger partial charge on any atom is 0.327 e. The highest BCUT2D eigenvalue weighted by molar-refractivity contribution is 5.80. The second kappa shape index (κ2) is 18.5. The molecule has 9 heteroatoms. The van der Waals surface area contributed by atoms with E-state index in [1.165, 1.54) is 4.90 Å². The molecule has 0 radical (unpaired) electrons. The number of urea groups is 1. The Morgan fingerprint density at radius 1 is 1.09 bits per heavy atom. The molecule has 5 atom stereocenters. The molecule has 5 unspecified atom stereocenters. The maximum absolute atomic E-state index is 12.9. The summed E-state index contributed by atoms with van der Waals surface area (Å²) in [5, 5.41) is 9.59. The summed E-state index contributed by atoms with van der Waals surface area (Å²) in [7, 11) is 0. The van der Waals surface area contributed by atoms with Crippen molar-refractivity contribution in [3.63, 3.8) is 0 Å². The molecule has 1 saturated heterocycles. The number of ether oxygens (including phenoxy) is 2. The van der Waals surface area contributed by atoms with Crippen molar-refractivity contribution in [1.29, 1.82) is 0 Å². The second-order valence-electron chi connectivity index (χ2n) is 15.7. The molecule has 0 saturated carbocycles.